The molecule has 0 spiro atoms. The number of nitrogens with two attached hydrogens (primary N) is 1. The van der Waals surface area contributed by atoms with Gasteiger partial charge in [0, 0.05) is 18.8 Å². The third-order valence-electron chi connectivity index (χ3n) is 5.31. The molecule has 2 heterocycles. The van der Waals surface area contributed by atoms with Gasteiger partial charge in [-0.15, -0.1) is 0 Å². The Kier molecular flexibility index (Phi) is 5.67. The van der Waals surface area contributed by atoms with Gasteiger partial charge < -0.3 is 15.2 Å². The summed E-state index contributed by atoms with van der Waals surface area (Å²) in [6, 6.07) is 15.3. The minimum atomic E-state index is -0.381. The first-order valence-electron chi connectivity index (χ1n) is 9.95. The first-order chi connectivity index (χ1) is 14.2. The average molecular weight is 395 g/mol. The van der Waals surface area contributed by atoms with Gasteiger partial charge in [0.25, 0.3) is 0 Å². The van der Waals surface area contributed by atoms with Crippen molar-refractivity contribution < 1.29 is 19.1 Å². The second-order valence-corrected chi connectivity index (χ2v) is 7.31. The van der Waals surface area contributed by atoms with Gasteiger partial charge in [0.15, 0.2) is 0 Å². The largest absolute Gasteiger partial charge is 0.444 e. The molecule has 2 aromatic rings. The van der Waals surface area contributed by atoms with Gasteiger partial charge in [0.05, 0.1) is 12.2 Å². The lowest BCUT2D eigenvalue weighted by Gasteiger charge is -2.23. The molecule has 2 aromatic carbocycles. The first-order valence-corrected chi connectivity index (χ1v) is 9.95. The maximum atomic E-state index is 12.8. The second-order valence-electron chi connectivity index (χ2n) is 7.31. The van der Waals surface area contributed by atoms with Crippen LogP contribution >= 0.6 is 0 Å². The van der Waals surface area contributed by atoms with Gasteiger partial charge in [0.2, 0.25) is 0 Å². The summed E-state index contributed by atoms with van der Waals surface area (Å²) < 4.78 is 10.8. The molecule has 29 heavy (non-hydrogen) atoms. The number of aryl methyl sites for hydroxylation is 1. The molecule has 2 aliphatic heterocycles. The molecule has 2 aliphatic rings. The third-order valence-corrected chi connectivity index (χ3v) is 5.31. The molecule has 2 N–H and O–H groups in total. The van der Waals surface area contributed by atoms with Crippen molar-refractivity contribution in [2.24, 2.45) is 5.73 Å². The quantitative estimate of drug-likeness (QED) is 0.857. The Balaban J connectivity index is 1.52. The van der Waals surface area contributed by atoms with E-state index in [1.165, 1.54) is 0 Å². The second kappa shape index (κ2) is 8.53. The smallest absolute Gasteiger partial charge is 0.414 e. The van der Waals surface area contributed by atoms with Crippen LogP contribution in [0.25, 0.3) is 0 Å². The lowest BCUT2D eigenvalue weighted by molar-refractivity contribution is 0.144. The molecular formula is C22H25N3O4. The van der Waals surface area contributed by atoms with Gasteiger partial charge in [0.1, 0.15) is 12.7 Å². The summed E-state index contributed by atoms with van der Waals surface area (Å²) in [5.41, 5.74) is 9.22. The van der Waals surface area contributed by atoms with Crippen molar-refractivity contribution in [3.05, 3.63) is 59.7 Å². The number of anilines is 2. The topological polar surface area (TPSA) is 85.1 Å². The fourth-order valence-electron chi connectivity index (χ4n) is 3.75. The predicted octanol–water partition coefficient (Wildman–Crippen LogP) is 3.45. The van der Waals surface area contributed by atoms with E-state index in [0.717, 1.165) is 41.8 Å². The van der Waals surface area contributed by atoms with Gasteiger partial charge >= 0.3 is 12.2 Å². The van der Waals surface area contributed by atoms with Gasteiger partial charge in [-0.3, -0.25) is 9.80 Å². The minimum absolute atomic E-state index is 0.240. The van der Waals surface area contributed by atoms with E-state index in [2.05, 4.69) is 0 Å². The SMILES string of the molecule is NC[C@H]1CN(c2ccc3c(c2)CCCCN3C(=O)OCc2ccccc2)C(=O)O1. The van der Waals surface area contributed by atoms with Crippen LogP contribution in [0.1, 0.15) is 24.0 Å². The van der Waals surface area contributed by atoms with Crippen LogP contribution in [0.2, 0.25) is 0 Å². The molecule has 0 aliphatic carbocycles. The van der Waals surface area contributed by atoms with E-state index < -0.39 is 0 Å². The van der Waals surface area contributed by atoms with Gasteiger partial charge in [-0.25, -0.2) is 9.59 Å². The Hall–Kier alpha value is -3.06. The Labute approximate surface area is 170 Å². The zero-order chi connectivity index (χ0) is 20.2. The van der Waals surface area contributed by atoms with Gasteiger partial charge in [-0.05, 0) is 48.6 Å². The number of hydrogen-bond acceptors (Lipinski definition) is 5. The summed E-state index contributed by atoms with van der Waals surface area (Å²) in [5.74, 6) is 0. The lowest BCUT2D eigenvalue weighted by Crippen LogP contribution is -2.32. The molecule has 0 bridgehead atoms. The number of nitrogens with zero attached hydrogens (tertiary/aromatic N) is 2. The number of carbonyl (C=O) groups is 2. The number of cyclic esters (lactones) is 1. The number of amides is 2. The van der Waals surface area contributed by atoms with Crippen molar-refractivity contribution in [3.63, 3.8) is 0 Å². The highest BCUT2D eigenvalue weighted by molar-refractivity contribution is 5.92. The summed E-state index contributed by atoms with van der Waals surface area (Å²) in [4.78, 5) is 28.2. The van der Waals surface area contributed by atoms with Crippen LogP contribution in [-0.4, -0.2) is 37.9 Å². The van der Waals surface area contributed by atoms with Gasteiger partial charge in [-0.1, -0.05) is 30.3 Å². The third kappa shape index (κ3) is 4.19. The van der Waals surface area contributed by atoms with E-state index in [4.69, 9.17) is 15.2 Å². The number of rotatable bonds is 4. The van der Waals surface area contributed by atoms with Gasteiger partial charge in [-0.2, -0.15) is 0 Å². The average Bonchev–Trinajstić information content (AvgIpc) is 3.00. The Morgan fingerprint density at radius 3 is 2.76 bits per heavy atom. The molecule has 2 amide bonds. The molecule has 1 saturated heterocycles. The fourth-order valence-corrected chi connectivity index (χ4v) is 3.75. The van der Waals surface area contributed by atoms with Crippen LogP contribution in [0.3, 0.4) is 0 Å². The Morgan fingerprint density at radius 1 is 1.17 bits per heavy atom. The molecule has 0 saturated carbocycles. The first kappa shape index (κ1) is 19.3. The number of benzene rings is 2. The highest BCUT2D eigenvalue weighted by Crippen LogP contribution is 2.32. The number of ether oxygens (including phenoxy) is 2. The van der Waals surface area contributed by atoms with Crippen molar-refractivity contribution in [1.29, 1.82) is 0 Å². The summed E-state index contributed by atoms with van der Waals surface area (Å²) in [6.45, 7) is 1.59. The zero-order valence-corrected chi connectivity index (χ0v) is 16.3. The van der Waals surface area contributed by atoms with Crippen LogP contribution in [-0.2, 0) is 22.5 Å². The van der Waals surface area contributed by atoms with E-state index in [1.807, 2.05) is 48.5 Å². The number of fused-ring (bicyclic) bond motifs is 1. The minimum Gasteiger partial charge on any atom is -0.444 e. The lowest BCUT2D eigenvalue weighted by atomic mass is 10.1. The van der Waals surface area contributed by atoms with Crippen LogP contribution in [0.4, 0.5) is 21.0 Å². The standard InChI is InChI=1S/C22H25N3O4/c23-13-19-14-25(22(27)29-19)18-9-10-20-17(12-18)8-4-5-11-24(20)21(26)28-15-16-6-2-1-3-7-16/h1-3,6-7,9-10,12,19H,4-5,8,11,13-15,23H2/t19-/m0/s1. The maximum absolute atomic E-state index is 12.8. The van der Waals surface area contributed by atoms with E-state index in [9.17, 15) is 9.59 Å². The Morgan fingerprint density at radius 2 is 2.00 bits per heavy atom. The van der Waals surface area contributed by atoms with E-state index >= 15 is 0 Å². The summed E-state index contributed by atoms with van der Waals surface area (Å²) in [6.07, 6.45) is 1.68. The van der Waals surface area contributed by atoms with Crippen molar-refractivity contribution in [1.82, 2.24) is 0 Å². The number of carbonyl (C=O) groups excluding carboxylic acids is 2. The molecule has 152 valence electrons. The Bertz CT molecular complexity index is 887. The highest BCUT2D eigenvalue weighted by atomic mass is 16.6. The molecule has 4 rings (SSSR count). The van der Waals surface area contributed by atoms with Crippen molar-refractivity contribution in [2.75, 3.05) is 29.4 Å². The summed E-state index contributed by atoms with van der Waals surface area (Å²) in [7, 11) is 0. The molecule has 0 unspecified atom stereocenters. The molecule has 7 heteroatoms. The van der Waals surface area contributed by atoms with Crippen LogP contribution < -0.4 is 15.5 Å². The van der Waals surface area contributed by atoms with E-state index in [0.29, 0.717) is 19.6 Å². The normalized spacial score (nSPS) is 18.8. The maximum Gasteiger partial charge on any atom is 0.414 e. The molecular weight excluding hydrogens is 370 g/mol. The van der Waals surface area contributed by atoms with Crippen LogP contribution in [0.15, 0.2) is 48.5 Å². The molecule has 1 fully saturated rings. The molecule has 0 aromatic heterocycles. The zero-order valence-electron chi connectivity index (χ0n) is 16.3. The van der Waals surface area contributed by atoms with Crippen molar-refractivity contribution in [2.45, 2.75) is 32.0 Å². The molecule has 7 nitrogen and oxygen atoms in total. The fraction of sp³-hybridized carbons (Fsp3) is 0.364. The van der Waals surface area contributed by atoms with Crippen molar-refractivity contribution >= 4 is 23.6 Å². The van der Waals surface area contributed by atoms with Crippen molar-refractivity contribution in [3.8, 4) is 0 Å². The van der Waals surface area contributed by atoms with E-state index in [1.54, 1.807) is 9.80 Å². The molecule has 0 radical (unpaired) electrons. The van der Waals surface area contributed by atoms with Crippen LogP contribution in [0.5, 0.6) is 0 Å². The molecule has 1 atom stereocenters. The monoisotopic (exact) mass is 395 g/mol. The van der Waals surface area contributed by atoms with Crippen LogP contribution in [0, 0.1) is 0 Å². The predicted molar refractivity (Wildman–Crippen MR) is 110 cm³/mol. The summed E-state index contributed by atoms with van der Waals surface area (Å²) >= 11 is 0. The summed E-state index contributed by atoms with van der Waals surface area (Å²) in [5, 5.41) is 0. The number of hydrogen-bond donors (Lipinski definition) is 1. The van der Waals surface area contributed by atoms with E-state index in [-0.39, 0.29) is 24.9 Å². The highest BCUT2D eigenvalue weighted by Gasteiger charge is 2.32.